The second kappa shape index (κ2) is 7.07. The number of rotatable bonds is 5. The van der Waals surface area contributed by atoms with Gasteiger partial charge in [0, 0.05) is 6.04 Å². The molecule has 1 aromatic rings. The van der Waals surface area contributed by atoms with Crippen molar-refractivity contribution in [1.29, 1.82) is 0 Å². The van der Waals surface area contributed by atoms with Crippen molar-refractivity contribution in [3.05, 3.63) is 33.8 Å². The molecule has 2 atom stereocenters. The quantitative estimate of drug-likeness (QED) is 0.857. The highest BCUT2D eigenvalue weighted by atomic mass is 35.5. The molecule has 0 aliphatic carbocycles. The van der Waals surface area contributed by atoms with Gasteiger partial charge in [0.1, 0.15) is 0 Å². The van der Waals surface area contributed by atoms with E-state index in [1.807, 2.05) is 45.9 Å². The average molecular weight is 322 g/mol. The van der Waals surface area contributed by atoms with Gasteiger partial charge in [0.05, 0.1) is 25.8 Å². The Kier molecular flexibility index (Phi) is 6.31. The van der Waals surface area contributed by atoms with Crippen molar-refractivity contribution in [2.75, 3.05) is 0 Å². The first-order valence-corrected chi connectivity index (χ1v) is 8.22. The van der Waals surface area contributed by atoms with Crippen molar-refractivity contribution in [3.63, 3.8) is 0 Å². The van der Waals surface area contributed by atoms with Crippen LogP contribution in [0.15, 0.2) is 18.2 Å². The fourth-order valence-electron chi connectivity index (χ4n) is 1.50. The third kappa shape index (κ3) is 5.82. The summed E-state index contributed by atoms with van der Waals surface area (Å²) in [6.07, 6.45) is 1.78. The molecule has 0 fully saturated rings. The molecule has 1 N–H and O–H groups in total. The maximum atomic E-state index is 11.9. The highest BCUT2D eigenvalue weighted by Crippen LogP contribution is 2.23. The van der Waals surface area contributed by atoms with Crippen LogP contribution in [0.1, 0.15) is 39.7 Å². The molecule has 0 bridgehead atoms. The molecule has 0 spiro atoms. The predicted octanol–water partition coefficient (Wildman–Crippen LogP) is 4.37. The molecule has 1 rings (SSSR count). The topological polar surface area (TPSA) is 29.1 Å². The third-order valence-electron chi connectivity index (χ3n) is 2.71. The summed E-state index contributed by atoms with van der Waals surface area (Å²) in [4.78, 5) is 0. The molecule has 19 heavy (non-hydrogen) atoms. The molecule has 0 saturated heterocycles. The van der Waals surface area contributed by atoms with Crippen LogP contribution in [-0.4, -0.2) is 15.0 Å². The number of hydrogen-bond acceptors (Lipinski definition) is 1. The summed E-state index contributed by atoms with van der Waals surface area (Å²) >= 11 is 11.9. The highest BCUT2D eigenvalue weighted by Gasteiger charge is 2.20. The van der Waals surface area contributed by atoms with Crippen molar-refractivity contribution in [2.24, 2.45) is 0 Å². The number of aryl methyl sites for hydroxylation is 1. The van der Waals surface area contributed by atoms with Crippen molar-refractivity contribution >= 4 is 34.2 Å². The molecule has 0 aliphatic heterocycles. The van der Waals surface area contributed by atoms with E-state index >= 15 is 0 Å². The van der Waals surface area contributed by atoms with E-state index in [1.54, 1.807) is 0 Å². The van der Waals surface area contributed by atoms with Crippen LogP contribution >= 0.6 is 23.2 Å². The zero-order chi connectivity index (χ0) is 14.6. The molecule has 108 valence electrons. The van der Waals surface area contributed by atoms with Gasteiger partial charge in [0.2, 0.25) is 0 Å². The lowest BCUT2D eigenvalue weighted by atomic mass is 10.1. The van der Waals surface area contributed by atoms with Crippen LogP contribution < -0.4 is 4.72 Å². The summed E-state index contributed by atoms with van der Waals surface area (Å²) in [5.74, 6) is 0. The first kappa shape index (κ1) is 17.0. The zero-order valence-corrected chi connectivity index (χ0v) is 14.1. The first-order chi connectivity index (χ1) is 8.70. The van der Waals surface area contributed by atoms with E-state index in [4.69, 9.17) is 23.2 Å². The van der Waals surface area contributed by atoms with Gasteiger partial charge in [-0.15, -0.1) is 0 Å². The van der Waals surface area contributed by atoms with Crippen molar-refractivity contribution in [2.45, 2.75) is 51.3 Å². The Morgan fingerprint density at radius 1 is 1.26 bits per heavy atom. The Hall–Kier alpha value is -0.0900. The van der Waals surface area contributed by atoms with Gasteiger partial charge in [-0.25, -0.2) is 8.93 Å². The standard InChI is InChI=1S/C14H21Cl2NOS/c1-10(17-19(18)14(2,3)4)5-6-11-7-8-12(15)13(16)9-11/h7-10,17H,5-6H2,1-4H3/t10?,19-/m0/s1. The monoisotopic (exact) mass is 321 g/mol. The fraction of sp³-hybridized carbons (Fsp3) is 0.571. The Labute approximate surface area is 128 Å². The number of nitrogens with one attached hydrogen (secondary N) is 1. The van der Waals surface area contributed by atoms with Crippen LogP contribution in [0, 0.1) is 0 Å². The molecule has 0 radical (unpaired) electrons. The molecule has 5 heteroatoms. The van der Waals surface area contributed by atoms with Crippen LogP contribution in [0.5, 0.6) is 0 Å². The number of hydrogen-bond donors (Lipinski definition) is 1. The minimum atomic E-state index is -1.03. The predicted molar refractivity (Wildman–Crippen MR) is 85.3 cm³/mol. The minimum absolute atomic E-state index is 0.189. The fourth-order valence-corrected chi connectivity index (χ4v) is 2.65. The van der Waals surface area contributed by atoms with E-state index in [-0.39, 0.29) is 10.8 Å². The lowest BCUT2D eigenvalue weighted by molar-refractivity contribution is 0.581. The Bertz CT molecular complexity index is 457. The summed E-state index contributed by atoms with van der Waals surface area (Å²) in [7, 11) is -1.03. The van der Waals surface area contributed by atoms with Crippen molar-refractivity contribution in [3.8, 4) is 0 Å². The molecule has 1 unspecified atom stereocenters. The Morgan fingerprint density at radius 3 is 2.42 bits per heavy atom. The summed E-state index contributed by atoms with van der Waals surface area (Å²) < 4.78 is 14.8. The Morgan fingerprint density at radius 2 is 1.89 bits per heavy atom. The molecule has 2 nitrogen and oxygen atoms in total. The molecule has 0 aromatic heterocycles. The zero-order valence-electron chi connectivity index (χ0n) is 11.8. The Balaban J connectivity index is 2.48. The first-order valence-electron chi connectivity index (χ1n) is 6.32. The van der Waals surface area contributed by atoms with Gasteiger partial charge >= 0.3 is 0 Å². The van der Waals surface area contributed by atoms with Crippen molar-refractivity contribution in [1.82, 2.24) is 4.72 Å². The van der Waals surface area contributed by atoms with Gasteiger partial charge in [-0.3, -0.25) is 0 Å². The van der Waals surface area contributed by atoms with Gasteiger partial charge in [-0.2, -0.15) is 0 Å². The maximum absolute atomic E-state index is 11.9. The second-order valence-corrected chi connectivity index (χ2v) is 8.50. The van der Waals surface area contributed by atoms with Crippen LogP contribution in [0.25, 0.3) is 0 Å². The summed E-state index contributed by atoms with van der Waals surface area (Å²) in [6.45, 7) is 7.92. The van der Waals surface area contributed by atoms with E-state index in [0.717, 1.165) is 18.4 Å². The lowest BCUT2D eigenvalue weighted by Gasteiger charge is -2.22. The van der Waals surface area contributed by atoms with Gasteiger partial charge in [0.15, 0.2) is 0 Å². The van der Waals surface area contributed by atoms with E-state index in [0.29, 0.717) is 10.0 Å². The normalized spacial score (nSPS) is 15.3. The molecule has 0 aliphatic rings. The second-order valence-electron chi connectivity index (χ2n) is 5.69. The number of benzene rings is 1. The highest BCUT2D eigenvalue weighted by molar-refractivity contribution is 7.84. The van der Waals surface area contributed by atoms with Gasteiger partial charge in [0.25, 0.3) is 0 Å². The van der Waals surface area contributed by atoms with Crippen LogP contribution in [0.4, 0.5) is 0 Å². The molecule has 0 amide bonds. The van der Waals surface area contributed by atoms with E-state index in [9.17, 15) is 4.21 Å². The molecular formula is C14H21Cl2NOS. The van der Waals surface area contributed by atoms with Crippen LogP contribution in [0.2, 0.25) is 10.0 Å². The summed E-state index contributed by atoms with van der Waals surface area (Å²) in [5.41, 5.74) is 1.14. The van der Waals surface area contributed by atoms with Gasteiger partial charge < -0.3 is 0 Å². The minimum Gasteiger partial charge on any atom is -0.242 e. The lowest BCUT2D eigenvalue weighted by Crippen LogP contribution is -2.38. The van der Waals surface area contributed by atoms with E-state index < -0.39 is 11.0 Å². The summed E-state index contributed by atoms with van der Waals surface area (Å²) in [6, 6.07) is 5.86. The molecule has 0 heterocycles. The smallest absolute Gasteiger partial charge is 0.0972 e. The molecule has 0 saturated carbocycles. The average Bonchev–Trinajstić information content (AvgIpc) is 2.29. The SMILES string of the molecule is CC(CCc1ccc(Cl)c(Cl)c1)N[S@@](=O)C(C)(C)C. The molecule has 1 aromatic carbocycles. The van der Waals surface area contributed by atoms with E-state index in [1.165, 1.54) is 0 Å². The number of halogens is 2. The van der Waals surface area contributed by atoms with Gasteiger partial charge in [-0.1, -0.05) is 29.3 Å². The summed E-state index contributed by atoms with van der Waals surface area (Å²) in [5, 5.41) is 1.16. The van der Waals surface area contributed by atoms with Crippen LogP contribution in [-0.2, 0) is 17.4 Å². The van der Waals surface area contributed by atoms with Crippen LogP contribution in [0.3, 0.4) is 0 Å². The van der Waals surface area contributed by atoms with Crippen molar-refractivity contribution < 1.29 is 4.21 Å². The maximum Gasteiger partial charge on any atom is 0.0972 e. The van der Waals surface area contributed by atoms with Gasteiger partial charge in [-0.05, 0) is 58.2 Å². The van der Waals surface area contributed by atoms with E-state index in [2.05, 4.69) is 4.72 Å². The molecular weight excluding hydrogens is 301 g/mol. The largest absolute Gasteiger partial charge is 0.242 e. The third-order valence-corrected chi connectivity index (χ3v) is 5.18.